The van der Waals surface area contributed by atoms with Crippen molar-refractivity contribution >= 4 is 12.3 Å². The summed E-state index contributed by atoms with van der Waals surface area (Å²) in [4.78, 5) is 12.3. The molecule has 1 fully saturated rings. The molecule has 6 nitrogen and oxygen atoms in total. The number of hydrazone groups is 1. The largest absolute Gasteiger partial charge is 0.480 e. The summed E-state index contributed by atoms with van der Waals surface area (Å²) in [5.41, 5.74) is 0. The molecule has 6 heteroatoms. The van der Waals surface area contributed by atoms with Gasteiger partial charge in [0.25, 0.3) is 0 Å². The molecule has 2 atom stereocenters. The van der Waals surface area contributed by atoms with Gasteiger partial charge in [0.1, 0.15) is 12.4 Å². The lowest BCUT2D eigenvalue weighted by Gasteiger charge is -2.17. The van der Waals surface area contributed by atoms with Gasteiger partial charge in [-0.15, -0.1) is 0 Å². The third-order valence-electron chi connectivity index (χ3n) is 2.03. The predicted octanol–water partition coefficient (Wildman–Crippen LogP) is -0.989. The second-order valence-electron chi connectivity index (χ2n) is 3.52. The second-order valence-corrected chi connectivity index (χ2v) is 3.52. The van der Waals surface area contributed by atoms with E-state index in [1.165, 1.54) is 11.2 Å². The number of rotatable bonds is 3. The lowest BCUT2D eigenvalue weighted by molar-refractivity contribution is -0.140. The molecule has 1 heterocycles. The van der Waals surface area contributed by atoms with Crippen molar-refractivity contribution in [3.63, 3.8) is 0 Å². The smallest absolute Gasteiger partial charge is 0.326 e. The fraction of sp³-hybridized carbons (Fsp3) is 0.750. The van der Waals surface area contributed by atoms with E-state index in [4.69, 9.17) is 5.11 Å². The van der Waals surface area contributed by atoms with Crippen LogP contribution in [-0.4, -0.2) is 65.2 Å². The first-order valence-corrected chi connectivity index (χ1v) is 4.38. The van der Waals surface area contributed by atoms with Crippen LogP contribution >= 0.6 is 0 Å². The van der Waals surface area contributed by atoms with Gasteiger partial charge in [-0.1, -0.05) is 0 Å². The molecule has 2 N–H and O–H groups in total. The maximum atomic E-state index is 10.8. The van der Waals surface area contributed by atoms with Crippen molar-refractivity contribution in [1.29, 1.82) is 0 Å². The zero-order valence-electron chi connectivity index (χ0n) is 8.29. The highest BCUT2D eigenvalue weighted by molar-refractivity contribution is 5.77. The summed E-state index contributed by atoms with van der Waals surface area (Å²) in [6.45, 7) is 0.328. The van der Waals surface area contributed by atoms with Crippen molar-refractivity contribution in [3.05, 3.63) is 0 Å². The molecule has 0 aromatic heterocycles. The lowest BCUT2D eigenvalue weighted by Crippen LogP contribution is -2.35. The average Bonchev–Trinajstić information content (AvgIpc) is 2.43. The highest BCUT2D eigenvalue weighted by atomic mass is 16.4. The Kier molecular flexibility index (Phi) is 3.29. The molecular weight excluding hydrogens is 186 g/mol. The summed E-state index contributed by atoms with van der Waals surface area (Å²) in [5.74, 6) is -0.924. The Morgan fingerprint density at radius 2 is 2.29 bits per heavy atom. The van der Waals surface area contributed by atoms with Gasteiger partial charge in [0.05, 0.1) is 6.10 Å². The molecule has 1 aliphatic rings. The number of aliphatic hydroxyl groups is 1. The van der Waals surface area contributed by atoms with Gasteiger partial charge >= 0.3 is 5.97 Å². The highest BCUT2D eigenvalue weighted by Crippen LogP contribution is 2.16. The average molecular weight is 201 g/mol. The molecule has 80 valence electrons. The van der Waals surface area contributed by atoms with Crippen LogP contribution in [0.2, 0.25) is 0 Å². The summed E-state index contributed by atoms with van der Waals surface area (Å²) in [6, 6.07) is -0.659. The van der Waals surface area contributed by atoms with E-state index in [0.717, 1.165) is 0 Å². The van der Waals surface area contributed by atoms with Gasteiger partial charge in [0.2, 0.25) is 0 Å². The Bertz CT molecular complexity index is 242. The van der Waals surface area contributed by atoms with E-state index in [0.29, 0.717) is 6.54 Å². The van der Waals surface area contributed by atoms with Crippen LogP contribution in [0, 0.1) is 0 Å². The topological polar surface area (TPSA) is 76.4 Å². The van der Waals surface area contributed by atoms with Gasteiger partial charge in [-0.2, -0.15) is 5.10 Å². The quantitative estimate of drug-likeness (QED) is 0.348. The zero-order chi connectivity index (χ0) is 10.7. The van der Waals surface area contributed by atoms with Gasteiger partial charge in [0.15, 0.2) is 0 Å². The van der Waals surface area contributed by atoms with Crippen LogP contribution in [0.15, 0.2) is 5.10 Å². The number of carbonyl (C=O) groups is 1. The summed E-state index contributed by atoms with van der Waals surface area (Å²) < 4.78 is 0. The first-order valence-electron chi connectivity index (χ1n) is 4.38. The van der Waals surface area contributed by atoms with Gasteiger partial charge < -0.3 is 20.1 Å². The third kappa shape index (κ3) is 2.59. The molecular formula is C8H15N3O3. The number of aliphatic hydroxyl groups excluding tert-OH is 1. The molecule has 0 aromatic rings. The third-order valence-corrected chi connectivity index (χ3v) is 2.03. The van der Waals surface area contributed by atoms with E-state index in [9.17, 15) is 9.90 Å². The normalized spacial score (nSPS) is 27.2. The van der Waals surface area contributed by atoms with E-state index in [2.05, 4.69) is 5.10 Å². The number of hydrogen-bond donors (Lipinski definition) is 2. The number of nitrogens with zero attached hydrogens (tertiary/aromatic N) is 3. The van der Waals surface area contributed by atoms with Crippen LogP contribution in [0.4, 0.5) is 0 Å². The maximum Gasteiger partial charge on any atom is 0.326 e. The molecule has 0 radical (unpaired) electrons. The number of likely N-dealkylation sites (tertiary alicyclic amines) is 1. The fourth-order valence-corrected chi connectivity index (χ4v) is 1.38. The number of β-amino-alcohol motifs (C(OH)–C–C–N with tert-alkyl or cyclic N) is 1. The van der Waals surface area contributed by atoms with E-state index < -0.39 is 18.1 Å². The molecule has 0 aliphatic carbocycles. The van der Waals surface area contributed by atoms with E-state index in [1.54, 1.807) is 19.1 Å². The molecule has 14 heavy (non-hydrogen) atoms. The van der Waals surface area contributed by atoms with Gasteiger partial charge in [-0.05, 0) is 0 Å². The van der Waals surface area contributed by atoms with E-state index in [-0.39, 0.29) is 6.42 Å². The van der Waals surface area contributed by atoms with Crippen LogP contribution in [0.1, 0.15) is 6.42 Å². The molecule has 0 amide bonds. The van der Waals surface area contributed by atoms with E-state index in [1.807, 2.05) is 0 Å². The van der Waals surface area contributed by atoms with Crippen molar-refractivity contribution < 1.29 is 15.0 Å². The monoisotopic (exact) mass is 201 g/mol. The van der Waals surface area contributed by atoms with Crippen LogP contribution in [0.3, 0.4) is 0 Å². The van der Waals surface area contributed by atoms with Crippen molar-refractivity contribution in [3.8, 4) is 0 Å². The molecule has 1 rings (SSSR count). The minimum Gasteiger partial charge on any atom is -0.480 e. The molecule has 0 spiro atoms. The molecule has 1 saturated heterocycles. The summed E-state index contributed by atoms with van der Waals surface area (Å²) in [5, 5.41) is 23.6. The number of hydrogen-bond acceptors (Lipinski definition) is 4. The Morgan fingerprint density at radius 1 is 1.64 bits per heavy atom. The fourth-order valence-electron chi connectivity index (χ4n) is 1.38. The standard InChI is InChI=1S/C8H15N3O3/c1-10(2)9-5-11-4-6(12)3-7(11)8(13)14/h5-7,12H,3-4H2,1-2H3,(H,13,14)/t6-,7+/m1/s1. The second kappa shape index (κ2) is 4.28. The zero-order valence-corrected chi connectivity index (χ0v) is 8.29. The summed E-state index contributed by atoms with van der Waals surface area (Å²) in [6.07, 6.45) is 1.13. The van der Waals surface area contributed by atoms with Crippen molar-refractivity contribution in [2.45, 2.75) is 18.6 Å². The van der Waals surface area contributed by atoms with Gasteiger partial charge in [-0.3, -0.25) is 0 Å². The minimum atomic E-state index is -0.924. The van der Waals surface area contributed by atoms with Crippen LogP contribution in [0.25, 0.3) is 0 Å². The van der Waals surface area contributed by atoms with E-state index >= 15 is 0 Å². The summed E-state index contributed by atoms with van der Waals surface area (Å²) in [7, 11) is 3.50. The van der Waals surface area contributed by atoms with Crippen molar-refractivity contribution in [2.75, 3.05) is 20.6 Å². The Balaban J connectivity index is 2.62. The molecule has 0 unspecified atom stereocenters. The number of carboxylic acid groups (broad SMARTS) is 1. The van der Waals surface area contributed by atoms with Crippen molar-refractivity contribution in [2.24, 2.45) is 5.10 Å². The molecule has 0 aromatic carbocycles. The number of aliphatic carboxylic acids is 1. The van der Waals surface area contributed by atoms with Crippen molar-refractivity contribution in [1.82, 2.24) is 9.91 Å². The Labute approximate surface area is 82.4 Å². The Morgan fingerprint density at radius 3 is 2.79 bits per heavy atom. The van der Waals surface area contributed by atoms with Gasteiger partial charge in [-0.25, -0.2) is 4.79 Å². The van der Waals surface area contributed by atoms with Gasteiger partial charge in [0, 0.05) is 27.1 Å². The molecule has 0 saturated carbocycles. The molecule has 1 aliphatic heterocycles. The first kappa shape index (κ1) is 10.8. The maximum absolute atomic E-state index is 10.8. The van der Waals surface area contributed by atoms with Crippen LogP contribution in [-0.2, 0) is 4.79 Å². The minimum absolute atomic E-state index is 0.259. The van der Waals surface area contributed by atoms with Crippen LogP contribution in [0.5, 0.6) is 0 Å². The highest BCUT2D eigenvalue weighted by Gasteiger charge is 2.34. The SMILES string of the molecule is CN(C)N=CN1C[C@H](O)C[C@H]1C(=O)O. The van der Waals surface area contributed by atoms with Crippen LogP contribution < -0.4 is 0 Å². The molecule has 0 bridgehead atoms. The Hall–Kier alpha value is -1.30. The number of carboxylic acids is 1. The predicted molar refractivity (Wildman–Crippen MR) is 50.9 cm³/mol. The lowest BCUT2D eigenvalue weighted by atomic mass is 10.2. The summed E-state index contributed by atoms with van der Waals surface area (Å²) >= 11 is 0. The first-order chi connectivity index (χ1) is 6.50.